The molecule has 2 heterocycles. The van der Waals surface area contributed by atoms with Crippen LogP contribution >= 0.6 is 11.8 Å². The number of aromatic amines is 1. The van der Waals surface area contributed by atoms with Gasteiger partial charge in [-0.15, -0.1) is 16.9 Å². The SMILES string of the molecule is C[C@H](O)CNC(C)(C)CC(=O)N[C@@H]1CSc2ccccc2N(Cc2ccc(-c3ccccc3-c3nnn[nH]3)cc2)C1=O. The second-order valence-electron chi connectivity index (χ2n) is 11.1. The van der Waals surface area contributed by atoms with Crippen LogP contribution in [-0.4, -0.2) is 67.5 Å². The van der Waals surface area contributed by atoms with Crippen molar-refractivity contribution in [3.05, 3.63) is 78.4 Å². The lowest BCUT2D eigenvalue weighted by Crippen LogP contribution is -2.52. The molecule has 5 rings (SSSR count). The van der Waals surface area contributed by atoms with Crippen LogP contribution in [0.1, 0.15) is 32.8 Å². The Morgan fingerprint density at radius 2 is 1.81 bits per heavy atom. The third-order valence-corrected chi connectivity index (χ3v) is 8.23. The Bertz CT molecular complexity index is 1520. The van der Waals surface area contributed by atoms with Crippen molar-refractivity contribution < 1.29 is 14.7 Å². The first kappa shape index (κ1) is 29.4. The Morgan fingerprint density at radius 3 is 2.52 bits per heavy atom. The molecule has 0 bridgehead atoms. The Balaban J connectivity index is 1.34. The van der Waals surface area contributed by atoms with E-state index in [4.69, 9.17) is 0 Å². The van der Waals surface area contributed by atoms with Crippen LogP contribution in [0.3, 0.4) is 0 Å². The van der Waals surface area contributed by atoms with Crippen LogP contribution in [-0.2, 0) is 16.1 Å². The van der Waals surface area contributed by atoms with E-state index in [0.717, 1.165) is 32.8 Å². The lowest BCUT2D eigenvalue weighted by Gasteiger charge is -2.29. The zero-order chi connectivity index (χ0) is 29.7. The molecule has 2 amide bonds. The Hall–Kier alpha value is -4.06. The molecule has 4 aromatic rings. The van der Waals surface area contributed by atoms with Crippen molar-refractivity contribution in [1.29, 1.82) is 0 Å². The maximum Gasteiger partial charge on any atom is 0.250 e. The molecule has 10 nitrogen and oxygen atoms in total. The van der Waals surface area contributed by atoms with Crippen molar-refractivity contribution in [2.24, 2.45) is 0 Å². The van der Waals surface area contributed by atoms with E-state index in [-0.39, 0.29) is 18.2 Å². The van der Waals surface area contributed by atoms with Crippen LogP contribution in [0.4, 0.5) is 5.69 Å². The number of aliphatic hydroxyl groups is 1. The van der Waals surface area contributed by atoms with Gasteiger partial charge in [0.05, 0.1) is 18.3 Å². The highest BCUT2D eigenvalue weighted by Crippen LogP contribution is 2.36. The average molecular weight is 586 g/mol. The van der Waals surface area contributed by atoms with Gasteiger partial charge >= 0.3 is 0 Å². The highest BCUT2D eigenvalue weighted by Gasteiger charge is 2.33. The molecule has 1 aliphatic heterocycles. The maximum atomic E-state index is 13.9. The zero-order valence-electron chi connectivity index (χ0n) is 23.9. The molecule has 0 unspecified atom stereocenters. The third-order valence-electron chi connectivity index (χ3n) is 7.07. The van der Waals surface area contributed by atoms with Crippen molar-refractivity contribution in [3.8, 4) is 22.5 Å². The van der Waals surface area contributed by atoms with Gasteiger partial charge in [-0.2, -0.15) is 0 Å². The number of carbonyl (C=O) groups is 2. The van der Waals surface area contributed by atoms with Crippen LogP contribution < -0.4 is 15.5 Å². The number of carbonyl (C=O) groups excluding carboxylic acids is 2. The number of amides is 2. The summed E-state index contributed by atoms with van der Waals surface area (Å²) in [5.41, 5.74) is 4.14. The quantitative estimate of drug-likeness (QED) is 0.221. The number of aromatic nitrogens is 4. The standard InChI is InChI=1S/C31H35N7O3S/c1-20(39)17-32-31(2,3)16-28(40)33-25-19-42-27-11-7-6-10-26(27)38(30(25)41)18-21-12-14-22(15-13-21)23-8-4-5-9-24(23)29-34-36-37-35-29/h4-15,20,25,32,39H,16-19H2,1-3H3,(H,33,40)(H,34,35,36,37)/t20-,25+/m0/s1. The summed E-state index contributed by atoms with van der Waals surface area (Å²) in [6.45, 7) is 6.25. The first-order valence-corrected chi connectivity index (χ1v) is 14.9. The summed E-state index contributed by atoms with van der Waals surface area (Å²) in [5.74, 6) is 0.663. The average Bonchev–Trinajstić information content (AvgIpc) is 3.48. The molecule has 0 fully saturated rings. The van der Waals surface area contributed by atoms with Crippen molar-refractivity contribution in [2.75, 3.05) is 17.2 Å². The molecule has 0 aliphatic carbocycles. The van der Waals surface area contributed by atoms with Gasteiger partial charge in [-0.3, -0.25) is 9.59 Å². The van der Waals surface area contributed by atoms with E-state index in [1.807, 2.05) is 86.6 Å². The topological polar surface area (TPSA) is 136 Å². The number of rotatable bonds is 10. The Kier molecular flexibility index (Phi) is 9.00. The second-order valence-corrected chi connectivity index (χ2v) is 12.2. The summed E-state index contributed by atoms with van der Waals surface area (Å²) < 4.78 is 0. The fraction of sp³-hybridized carbons (Fsp3) is 0.323. The highest BCUT2D eigenvalue weighted by atomic mass is 32.2. The number of hydrogen-bond donors (Lipinski definition) is 4. The normalized spacial score (nSPS) is 16.0. The predicted octanol–water partition coefficient (Wildman–Crippen LogP) is 3.80. The number of para-hydroxylation sites is 1. The predicted molar refractivity (Wildman–Crippen MR) is 164 cm³/mol. The number of benzene rings is 3. The number of aliphatic hydroxyl groups excluding tert-OH is 1. The minimum absolute atomic E-state index is 0.150. The minimum atomic E-state index is -0.677. The number of H-pyrrole nitrogens is 1. The van der Waals surface area contributed by atoms with E-state index in [1.54, 1.807) is 23.6 Å². The molecule has 0 saturated carbocycles. The van der Waals surface area contributed by atoms with Gasteiger partial charge in [0.15, 0.2) is 5.82 Å². The number of nitrogens with zero attached hydrogens (tertiary/aromatic N) is 4. The number of fused-ring (bicyclic) bond motifs is 1. The molecular formula is C31H35N7O3S. The van der Waals surface area contributed by atoms with Gasteiger partial charge in [-0.1, -0.05) is 60.7 Å². The fourth-order valence-electron chi connectivity index (χ4n) is 4.94. The zero-order valence-corrected chi connectivity index (χ0v) is 24.7. The molecule has 42 heavy (non-hydrogen) atoms. The summed E-state index contributed by atoms with van der Waals surface area (Å²) in [5, 5.41) is 30.1. The Labute approximate surface area is 249 Å². The van der Waals surface area contributed by atoms with Gasteiger partial charge in [-0.05, 0) is 60.0 Å². The number of tetrazole rings is 1. The molecule has 1 aliphatic rings. The Morgan fingerprint density at radius 1 is 1.10 bits per heavy atom. The molecule has 0 spiro atoms. The van der Waals surface area contributed by atoms with Crippen molar-refractivity contribution in [2.45, 2.75) is 56.3 Å². The first-order valence-electron chi connectivity index (χ1n) is 13.9. The molecule has 218 valence electrons. The van der Waals surface area contributed by atoms with Crippen molar-refractivity contribution in [1.82, 2.24) is 31.3 Å². The minimum Gasteiger partial charge on any atom is -0.392 e. The monoisotopic (exact) mass is 585 g/mol. The molecular weight excluding hydrogens is 550 g/mol. The first-order chi connectivity index (χ1) is 20.2. The summed E-state index contributed by atoms with van der Waals surface area (Å²) in [4.78, 5) is 29.7. The van der Waals surface area contributed by atoms with E-state index in [1.165, 1.54) is 0 Å². The number of thioether (sulfide) groups is 1. The number of nitrogens with one attached hydrogen (secondary N) is 3. The lowest BCUT2D eigenvalue weighted by molar-refractivity contribution is -0.127. The number of hydrogen-bond acceptors (Lipinski definition) is 8. The van der Waals surface area contributed by atoms with E-state index >= 15 is 0 Å². The van der Waals surface area contributed by atoms with Gasteiger partial charge in [-0.25, -0.2) is 5.10 Å². The van der Waals surface area contributed by atoms with Crippen molar-refractivity contribution in [3.63, 3.8) is 0 Å². The van der Waals surface area contributed by atoms with E-state index in [0.29, 0.717) is 24.7 Å². The molecule has 0 radical (unpaired) electrons. The van der Waals surface area contributed by atoms with Crippen LogP contribution in [0.2, 0.25) is 0 Å². The molecule has 4 N–H and O–H groups in total. The summed E-state index contributed by atoms with van der Waals surface area (Å²) >= 11 is 1.56. The van der Waals surface area contributed by atoms with Crippen LogP contribution in [0.25, 0.3) is 22.5 Å². The highest BCUT2D eigenvalue weighted by molar-refractivity contribution is 7.99. The van der Waals surface area contributed by atoms with Crippen molar-refractivity contribution >= 4 is 29.3 Å². The number of anilines is 1. The van der Waals surface area contributed by atoms with Gasteiger partial charge in [0.2, 0.25) is 5.91 Å². The molecule has 3 aromatic carbocycles. The fourth-order valence-corrected chi connectivity index (χ4v) is 6.01. The molecule has 0 saturated heterocycles. The van der Waals surface area contributed by atoms with Crippen LogP contribution in [0.15, 0.2) is 77.7 Å². The second kappa shape index (κ2) is 12.8. The van der Waals surface area contributed by atoms with Gasteiger partial charge in [0.1, 0.15) is 6.04 Å². The van der Waals surface area contributed by atoms with Crippen LogP contribution in [0.5, 0.6) is 0 Å². The summed E-state index contributed by atoms with van der Waals surface area (Å²) in [7, 11) is 0. The van der Waals surface area contributed by atoms with Gasteiger partial charge < -0.3 is 20.6 Å². The maximum absolute atomic E-state index is 13.9. The van der Waals surface area contributed by atoms with E-state index in [9.17, 15) is 14.7 Å². The smallest absolute Gasteiger partial charge is 0.250 e. The molecule has 1 aromatic heterocycles. The van der Waals surface area contributed by atoms with Crippen LogP contribution in [0, 0.1) is 0 Å². The summed E-state index contributed by atoms with van der Waals surface area (Å²) in [6, 6.07) is 23.2. The molecule has 11 heteroatoms. The largest absolute Gasteiger partial charge is 0.392 e. The van der Waals surface area contributed by atoms with E-state index < -0.39 is 17.7 Å². The van der Waals surface area contributed by atoms with Gasteiger partial charge in [0, 0.05) is 34.7 Å². The number of β-amino-alcohol motifs (C(OH)–C–C–N with tert-alkyl or cyclic N) is 1. The third kappa shape index (κ3) is 7.04. The van der Waals surface area contributed by atoms with Gasteiger partial charge in [0.25, 0.3) is 5.91 Å². The summed E-state index contributed by atoms with van der Waals surface area (Å²) in [6.07, 6.45) is -0.345. The lowest BCUT2D eigenvalue weighted by atomic mass is 9.98. The molecule has 2 atom stereocenters. The van der Waals surface area contributed by atoms with E-state index in [2.05, 4.69) is 31.3 Å².